The zero-order valence-corrected chi connectivity index (χ0v) is 12.4. The average Bonchev–Trinajstić information content (AvgIpc) is 2.90. The van der Waals surface area contributed by atoms with Gasteiger partial charge in [-0.25, -0.2) is 0 Å². The van der Waals surface area contributed by atoms with Crippen LogP contribution in [0.1, 0.15) is 29.0 Å². The number of nitrogens with one attached hydrogen (secondary N) is 1. The highest BCUT2D eigenvalue weighted by atomic mass is 32.1. The molecule has 1 unspecified atom stereocenters. The van der Waals surface area contributed by atoms with E-state index < -0.39 is 0 Å². The van der Waals surface area contributed by atoms with Crippen molar-refractivity contribution in [3.05, 3.63) is 58.0 Å². The molecule has 0 amide bonds. The molecule has 3 aromatic rings. The summed E-state index contributed by atoms with van der Waals surface area (Å²) >= 11 is 1.80. The Labute approximate surface area is 122 Å². The number of thiophene rings is 1. The van der Waals surface area contributed by atoms with Gasteiger partial charge in [0.15, 0.2) is 0 Å². The number of nitrogens with zero attached hydrogens (tertiary/aromatic N) is 2. The first-order chi connectivity index (χ1) is 9.79. The molecule has 3 rings (SSSR count). The van der Waals surface area contributed by atoms with Gasteiger partial charge in [0.2, 0.25) is 0 Å². The van der Waals surface area contributed by atoms with Crippen molar-refractivity contribution in [3.63, 3.8) is 0 Å². The van der Waals surface area contributed by atoms with Gasteiger partial charge in [0.1, 0.15) is 0 Å². The fourth-order valence-corrected chi connectivity index (χ4v) is 3.43. The van der Waals surface area contributed by atoms with Gasteiger partial charge < -0.3 is 5.32 Å². The van der Waals surface area contributed by atoms with Crippen LogP contribution in [0.5, 0.6) is 0 Å². The van der Waals surface area contributed by atoms with Crippen molar-refractivity contribution in [1.82, 2.24) is 15.3 Å². The quantitative estimate of drug-likeness (QED) is 0.793. The Morgan fingerprint density at radius 3 is 2.65 bits per heavy atom. The molecule has 102 valence electrons. The maximum Gasteiger partial charge on any atom is 0.0890 e. The minimum Gasteiger partial charge on any atom is -0.306 e. The highest BCUT2D eigenvalue weighted by molar-refractivity contribution is 7.10. The Bertz CT molecular complexity index is 720. The SMILES string of the molecule is CCNC(c1ccc2nccnc2c1)c1sccc1C. The van der Waals surface area contributed by atoms with Crippen LogP contribution >= 0.6 is 11.3 Å². The van der Waals surface area contributed by atoms with Gasteiger partial charge in [-0.05, 0) is 48.2 Å². The molecular formula is C16H17N3S. The van der Waals surface area contributed by atoms with Gasteiger partial charge in [-0.15, -0.1) is 11.3 Å². The monoisotopic (exact) mass is 283 g/mol. The second-order valence-electron chi connectivity index (χ2n) is 4.76. The Morgan fingerprint density at radius 2 is 1.95 bits per heavy atom. The molecule has 0 aliphatic heterocycles. The molecule has 3 nitrogen and oxygen atoms in total. The molecule has 1 aromatic carbocycles. The lowest BCUT2D eigenvalue weighted by Crippen LogP contribution is -2.21. The van der Waals surface area contributed by atoms with Crippen LogP contribution in [0.3, 0.4) is 0 Å². The topological polar surface area (TPSA) is 37.8 Å². The maximum atomic E-state index is 4.40. The number of fused-ring (bicyclic) bond motifs is 1. The number of benzene rings is 1. The number of aromatic nitrogens is 2. The maximum absolute atomic E-state index is 4.40. The summed E-state index contributed by atoms with van der Waals surface area (Å²) in [4.78, 5) is 10.1. The molecule has 0 bridgehead atoms. The third kappa shape index (κ3) is 2.44. The Hall–Kier alpha value is -1.78. The summed E-state index contributed by atoms with van der Waals surface area (Å²) in [6.07, 6.45) is 3.47. The second kappa shape index (κ2) is 5.69. The van der Waals surface area contributed by atoms with E-state index in [0.717, 1.165) is 17.6 Å². The smallest absolute Gasteiger partial charge is 0.0890 e. The van der Waals surface area contributed by atoms with Gasteiger partial charge in [-0.1, -0.05) is 13.0 Å². The number of hydrogen-bond acceptors (Lipinski definition) is 4. The van der Waals surface area contributed by atoms with Crippen molar-refractivity contribution in [2.24, 2.45) is 0 Å². The minimum atomic E-state index is 0.228. The summed E-state index contributed by atoms with van der Waals surface area (Å²) < 4.78 is 0. The highest BCUT2D eigenvalue weighted by Gasteiger charge is 2.17. The summed E-state index contributed by atoms with van der Waals surface area (Å²) in [5.74, 6) is 0. The molecule has 0 saturated carbocycles. The average molecular weight is 283 g/mol. The molecule has 2 aromatic heterocycles. The molecule has 0 aliphatic carbocycles. The molecule has 1 N–H and O–H groups in total. The van der Waals surface area contributed by atoms with Gasteiger partial charge in [-0.3, -0.25) is 9.97 Å². The van der Waals surface area contributed by atoms with E-state index in [4.69, 9.17) is 0 Å². The predicted octanol–water partition coefficient (Wildman–Crippen LogP) is 3.70. The van der Waals surface area contributed by atoms with Gasteiger partial charge in [0.25, 0.3) is 0 Å². The Kier molecular flexibility index (Phi) is 3.76. The summed E-state index contributed by atoms with van der Waals surface area (Å²) in [5.41, 5.74) is 4.46. The minimum absolute atomic E-state index is 0.228. The standard InChI is InChI=1S/C16H17N3S/c1-3-17-15(16-11(2)6-9-20-16)12-4-5-13-14(10-12)19-8-7-18-13/h4-10,15,17H,3H2,1-2H3. The first-order valence-electron chi connectivity index (χ1n) is 6.77. The summed E-state index contributed by atoms with van der Waals surface area (Å²) in [6, 6.07) is 8.72. The van der Waals surface area contributed by atoms with E-state index in [9.17, 15) is 0 Å². The molecule has 0 spiro atoms. The number of aryl methyl sites for hydroxylation is 1. The molecule has 0 radical (unpaired) electrons. The molecule has 2 heterocycles. The highest BCUT2D eigenvalue weighted by Crippen LogP contribution is 2.30. The van der Waals surface area contributed by atoms with E-state index in [1.54, 1.807) is 23.7 Å². The van der Waals surface area contributed by atoms with Crippen LogP contribution < -0.4 is 5.32 Å². The van der Waals surface area contributed by atoms with Crippen LogP contribution in [0.2, 0.25) is 0 Å². The predicted molar refractivity (Wildman–Crippen MR) is 84.1 cm³/mol. The van der Waals surface area contributed by atoms with E-state index >= 15 is 0 Å². The van der Waals surface area contributed by atoms with Crippen LogP contribution in [0.25, 0.3) is 11.0 Å². The van der Waals surface area contributed by atoms with Gasteiger partial charge in [0, 0.05) is 17.3 Å². The zero-order chi connectivity index (χ0) is 13.9. The van der Waals surface area contributed by atoms with Crippen molar-refractivity contribution < 1.29 is 0 Å². The second-order valence-corrected chi connectivity index (χ2v) is 5.71. The summed E-state index contributed by atoms with van der Waals surface area (Å²) in [5, 5.41) is 5.72. The lowest BCUT2D eigenvalue weighted by Gasteiger charge is -2.18. The molecule has 4 heteroatoms. The van der Waals surface area contributed by atoms with Crippen LogP contribution in [-0.4, -0.2) is 16.5 Å². The summed E-state index contributed by atoms with van der Waals surface area (Å²) in [7, 11) is 0. The van der Waals surface area contributed by atoms with Crippen molar-refractivity contribution >= 4 is 22.4 Å². The molecule has 0 aliphatic rings. The lowest BCUT2D eigenvalue weighted by atomic mass is 10.0. The van der Waals surface area contributed by atoms with E-state index in [0.29, 0.717) is 0 Å². The van der Waals surface area contributed by atoms with Gasteiger partial charge in [-0.2, -0.15) is 0 Å². The van der Waals surface area contributed by atoms with Crippen LogP contribution in [0.15, 0.2) is 42.0 Å². The fraction of sp³-hybridized carbons (Fsp3) is 0.250. The Balaban J connectivity index is 2.07. The van der Waals surface area contributed by atoms with Crippen molar-refractivity contribution in [1.29, 1.82) is 0 Å². The lowest BCUT2D eigenvalue weighted by molar-refractivity contribution is 0.637. The molecule has 0 saturated heterocycles. The van der Waals surface area contributed by atoms with Crippen molar-refractivity contribution in [2.45, 2.75) is 19.9 Å². The Morgan fingerprint density at radius 1 is 1.15 bits per heavy atom. The van der Waals surface area contributed by atoms with Gasteiger partial charge in [0.05, 0.1) is 17.1 Å². The largest absolute Gasteiger partial charge is 0.306 e. The summed E-state index contributed by atoms with van der Waals surface area (Å²) in [6.45, 7) is 5.23. The molecule has 0 fully saturated rings. The zero-order valence-electron chi connectivity index (χ0n) is 11.6. The number of rotatable bonds is 4. The van der Waals surface area contributed by atoms with Gasteiger partial charge >= 0.3 is 0 Å². The molecule has 1 atom stereocenters. The normalized spacial score (nSPS) is 12.7. The van der Waals surface area contributed by atoms with Crippen molar-refractivity contribution in [3.8, 4) is 0 Å². The third-order valence-corrected chi connectivity index (χ3v) is 4.48. The van der Waals surface area contributed by atoms with E-state index in [-0.39, 0.29) is 6.04 Å². The molecular weight excluding hydrogens is 266 g/mol. The first-order valence-corrected chi connectivity index (χ1v) is 7.65. The van der Waals surface area contributed by atoms with E-state index in [1.165, 1.54) is 16.0 Å². The van der Waals surface area contributed by atoms with Crippen LogP contribution in [-0.2, 0) is 0 Å². The van der Waals surface area contributed by atoms with Crippen LogP contribution in [0.4, 0.5) is 0 Å². The van der Waals surface area contributed by atoms with E-state index in [1.807, 2.05) is 6.07 Å². The third-order valence-electron chi connectivity index (χ3n) is 3.40. The molecule has 20 heavy (non-hydrogen) atoms. The van der Waals surface area contributed by atoms with E-state index in [2.05, 4.69) is 52.7 Å². The number of hydrogen-bond donors (Lipinski definition) is 1. The van der Waals surface area contributed by atoms with Crippen molar-refractivity contribution in [2.75, 3.05) is 6.54 Å². The first kappa shape index (κ1) is 13.2. The fourth-order valence-electron chi connectivity index (χ4n) is 2.41. The van der Waals surface area contributed by atoms with Crippen LogP contribution in [0, 0.1) is 6.92 Å².